The highest BCUT2D eigenvalue weighted by Gasteiger charge is 2.26. The van der Waals surface area contributed by atoms with Crippen LogP contribution in [0, 0.1) is 0 Å². The highest BCUT2D eigenvalue weighted by atomic mass is 35.5. The van der Waals surface area contributed by atoms with E-state index in [0.29, 0.717) is 5.75 Å². The molecule has 1 aliphatic rings. The minimum Gasteiger partial charge on any atom is -0.508 e. The van der Waals surface area contributed by atoms with E-state index in [1.807, 2.05) is 24.3 Å². The fraction of sp³-hybridized carbons (Fsp3) is 0.333. The second-order valence-electron chi connectivity index (χ2n) is 5.84. The third-order valence-corrected chi connectivity index (χ3v) is 4.43. The summed E-state index contributed by atoms with van der Waals surface area (Å²) < 4.78 is 5.21. The van der Waals surface area contributed by atoms with E-state index in [-0.39, 0.29) is 29.9 Å². The Labute approximate surface area is 142 Å². The zero-order chi connectivity index (χ0) is 15.7. The molecule has 1 heterocycles. The quantitative estimate of drug-likeness (QED) is 0.903. The van der Waals surface area contributed by atoms with Gasteiger partial charge in [0.05, 0.1) is 7.11 Å². The second kappa shape index (κ2) is 7.11. The fourth-order valence-electron chi connectivity index (χ4n) is 3.13. The molecule has 0 amide bonds. The average Bonchev–Trinajstić information content (AvgIpc) is 2.52. The molecule has 0 unspecified atom stereocenters. The number of phenolic OH excluding ortho intramolecular Hbond substituents is 2. The van der Waals surface area contributed by atoms with Gasteiger partial charge in [-0.3, -0.25) is 4.90 Å². The molecule has 0 aromatic heterocycles. The van der Waals surface area contributed by atoms with Gasteiger partial charge in [0, 0.05) is 12.6 Å². The van der Waals surface area contributed by atoms with Crippen molar-refractivity contribution in [1.82, 2.24) is 4.90 Å². The Morgan fingerprint density at radius 1 is 1.17 bits per heavy atom. The van der Waals surface area contributed by atoms with Gasteiger partial charge in [-0.2, -0.15) is 0 Å². The monoisotopic (exact) mass is 335 g/mol. The van der Waals surface area contributed by atoms with Crippen LogP contribution in [0.1, 0.15) is 22.7 Å². The summed E-state index contributed by atoms with van der Waals surface area (Å²) in [5.74, 6) is 1.00. The van der Waals surface area contributed by atoms with Crippen LogP contribution in [-0.4, -0.2) is 35.8 Å². The molecule has 5 heteroatoms. The van der Waals surface area contributed by atoms with Gasteiger partial charge < -0.3 is 14.9 Å². The molecule has 0 radical (unpaired) electrons. The van der Waals surface area contributed by atoms with Gasteiger partial charge in [-0.1, -0.05) is 12.1 Å². The summed E-state index contributed by atoms with van der Waals surface area (Å²) in [5, 5.41) is 19.5. The van der Waals surface area contributed by atoms with Crippen molar-refractivity contribution in [3.63, 3.8) is 0 Å². The molecular weight excluding hydrogens is 314 g/mol. The number of phenols is 2. The molecule has 1 atom stereocenters. The lowest BCUT2D eigenvalue weighted by atomic mass is 9.88. The molecule has 0 aliphatic carbocycles. The van der Waals surface area contributed by atoms with Gasteiger partial charge >= 0.3 is 0 Å². The SMILES string of the molecule is COc1cc2c(cc1O)[C@H](Cc1ccc(O)cc1)N(C)CC2.Cl. The van der Waals surface area contributed by atoms with Crippen LogP contribution >= 0.6 is 12.4 Å². The minimum atomic E-state index is 0. The van der Waals surface area contributed by atoms with E-state index in [4.69, 9.17) is 4.74 Å². The summed E-state index contributed by atoms with van der Waals surface area (Å²) >= 11 is 0. The van der Waals surface area contributed by atoms with Crippen molar-refractivity contribution in [2.45, 2.75) is 18.9 Å². The van der Waals surface area contributed by atoms with Crippen molar-refractivity contribution in [2.24, 2.45) is 0 Å². The Bertz CT molecular complexity index is 673. The van der Waals surface area contributed by atoms with Gasteiger partial charge in [0.1, 0.15) is 5.75 Å². The smallest absolute Gasteiger partial charge is 0.160 e. The first-order valence-corrected chi connectivity index (χ1v) is 7.46. The summed E-state index contributed by atoms with van der Waals surface area (Å²) in [5.41, 5.74) is 3.55. The highest BCUT2D eigenvalue weighted by molar-refractivity contribution is 5.85. The maximum absolute atomic E-state index is 10.1. The van der Waals surface area contributed by atoms with Crippen LogP contribution in [0.25, 0.3) is 0 Å². The van der Waals surface area contributed by atoms with Gasteiger partial charge in [-0.15, -0.1) is 12.4 Å². The molecule has 0 spiro atoms. The summed E-state index contributed by atoms with van der Waals surface area (Å²) in [6, 6.07) is 11.3. The molecule has 124 valence electrons. The van der Waals surface area contributed by atoms with Crippen LogP contribution < -0.4 is 4.74 Å². The standard InChI is InChI=1S/C18H21NO3.ClH/c1-19-8-7-13-10-18(22-2)17(21)11-15(13)16(19)9-12-3-5-14(20)6-4-12;/h3-6,10-11,16,20-21H,7-9H2,1-2H3;1H/t16-;/m0./s1. The zero-order valence-electron chi connectivity index (χ0n) is 13.3. The first-order valence-electron chi connectivity index (χ1n) is 7.46. The fourth-order valence-corrected chi connectivity index (χ4v) is 3.13. The lowest BCUT2D eigenvalue weighted by Gasteiger charge is -2.35. The molecule has 0 bridgehead atoms. The molecule has 2 N–H and O–H groups in total. The van der Waals surface area contributed by atoms with E-state index >= 15 is 0 Å². The third kappa shape index (κ3) is 3.54. The Morgan fingerprint density at radius 2 is 1.87 bits per heavy atom. The van der Waals surface area contributed by atoms with Gasteiger partial charge in [-0.25, -0.2) is 0 Å². The predicted molar refractivity (Wildman–Crippen MR) is 92.8 cm³/mol. The number of ether oxygens (including phenoxy) is 1. The number of likely N-dealkylation sites (N-methyl/N-ethyl adjacent to an activating group) is 1. The van der Waals surface area contributed by atoms with E-state index in [1.54, 1.807) is 19.2 Å². The number of methoxy groups -OCH3 is 1. The molecule has 1 aliphatic heterocycles. The second-order valence-corrected chi connectivity index (χ2v) is 5.84. The number of hydrogen-bond acceptors (Lipinski definition) is 4. The number of rotatable bonds is 3. The van der Waals surface area contributed by atoms with Crippen LogP contribution in [0.15, 0.2) is 36.4 Å². The van der Waals surface area contributed by atoms with Crippen molar-refractivity contribution < 1.29 is 14.9 Å². The third-order valence-electron chi connectivity index (χ3n) is 4.43. The molecule has 2 aromatic carbocycles. The molecule has 23 heavy (non-hydrogen) atoms. The Kier molecular flexibility index (Phi) is 5.39. The van der Waals surface area contributed by atoms with Crippen molar-refractivity contribution in [2.75, 3.05) is 20.7 Å². The number of benzene rings is 2. The van der Waals surface area contributed by atoms with Crippen LogP contribution in [0.2, 0.25) is 0 Å². The number of halogens is 1. The largest absolute Gasteiger partial charge is 0.508 e. The van der Waals surface area contributed by atoms with E-state index in [9.17, 15) is 10.2 Å². The van der Waals surface area contributed by atoms with Crippen LogP contribution in [0.3, 0.4) is 0 Å². The average molecular weight is 336 g/mol. The molecule has 0 fully saturated rings. The molecule has 2 aromatic rings. The van der Waals surface area contributed by atoms with Gasteiger partial charge in [0.15, 0.2) is 11.5 Å². The van der Waals surface area contributed by atoms with Crippen LogP contribution in [0.5, 0.6) is 17.2 Å². The van der Waals surface area contributed by atoms with Gasteiger partial charge in [0.2, 0.25) is 0 Å². The predicted octanol–water partition coefficient (Wildman–Crippen LogP) is 3.30. The molecule has 0 saturated carbocycles. The van der Waals surface area contributed by atoms with Crippen molar-refractivity contribution in [3.8, 4) is 17.2 Å². The maximum Gasteiger partial charge on any atom is 0.160 e. The highest BCUT2D eigenvalue weighted by Crippen LogP contribution is 2.38. The minimum absolute atomic E-state index is 0. The van der Waals surface area contributed by atoms with Gasteiger partial charge in [-0.05, 0) is 60.8 Å². The van der Waals surface area contributed by atoms with Crippen molar-refractivity contribution in [1.29, 1.82) is 0 Å². The van der Waals surface area contributed by atoms with Gasteiger partial charge in [0.25, 0.3) is 0 Å². The van der Waals surface area contributed by atoms with Crippen LogP contribution in [-0.2, 0) is 12.8 Å². The lowest BCUT2D eigenvalue weighted by Crippen LogP contribution is -2.33. The van der Waals surface area contributed by atoms with E-state index in [0.717, 1.165) is 30.5 Å². The summed E-state index contributed by atoms with van der Waals surface area (Å²) in [4.78, 5) is 2.31. The van der Waals surface area contributed by atoms with E-state index in [1.165, 1.54) is 5.56 Å². The molecule has 0 saturated heterocycles. The number of hydrogen-bond donors (Lipinski definition) is 2. The van der Waals surface area contributed by atoms with Crippen molar-refractivity contribution >= 4 is 12.4 Å². The maximum atomic E-state index is 10.1. The first-order chi connectivity index (χ1) is 10.6. The summed E-state index contributed by atoms with van der Waals surface area (Å²) in [7, 11) is 3.68. The normalized spacial score (nSPS) is 17.2. The molecule has 4 nitrogen and oxygen atoms in total. The van der Waals surface area contributed by atoms with E-state index < -0.39 is 0 Å². The topological polar surface area (TPSA) is 52.9 Å². The lowest BCUT2D eigenvalue weighted by molar-refractivity contribution is 0.228. The summed E-state index contributed by atoms with van der Waals surface area (Å²) in [6.45, 7) is 0.976. The number of nitrogens with zero attached hydrogens (tertiary/aromatic N) is 1. The Hall–Kier alpha value is -1.91. The summed E-state index contributed by atoms with van der Waals surface area (Å²) in [6.07, 6.45) is 1.80. The molecule has 3 rings (SSSR count). The van der Waals surface area contributed by atoms with E-state index in [2.05, 4.69) is 11.9 Å². The number of aromatic hydroxyl groups is 2. The zero-order valence-corrected chi connectivity index (χ0v) is 14.1. The molecular formula is C18H22ClNO3. The Balaban J connectivity index is 0.00000192. The van der Waals surface area contributed by atoms with Crippen molar-refractivity contribution in [3.05, 3.63) is 53.1 Å². The number of fused-ring (bicyclic) bond motifs is 1. The Morgan fingerprint density at radius 3 is 2.52 bits per heavy atom. The van der Waals surface area contributed by atoms with Crippen LogP contribution in [0.4, 0.5) is 0 Å². The first kappa shape index (κ1) is 17.4.